The van der Waals surface area contributed by atoms with Gasteiger partial charge in [-0.2, -0.15) is 0 Å². The number of likely N-dealkylation sites (tertiary alicyclic amines) is 1. The molecule has 0 aliphatic carbocycles. The van der Waals surface area contributed by atoms with Crippen molar-refractivity contribution in [2.24, 2.45) is 11.7 Å². The van der Waals surface area contributed by atoms with E-state index in [1.54, 1.807) is 29.2 Å². The van der Waals surface area contributed by atoms with Crippen LogP contribution in [0.5, 0.6) is 0 Å². The Hall–Kier alpha value is -4.19. The van der Waals surface area contributed by atoms with Crippen LogP contribution in [0.1, 0.15) is 60.9 Å². The van der Waals surface area contributed by atoms with Crippen molar-refractivity contribution in [2.45, 2.75) is 62.3 Å². The monoisotopic (exact) mass is 647 g/mol. The highest BCUT2D eigenvalue weighted by atomic mass is 19.1. The summed E-state index contributed by atoms with van der Waals surface area (Å²) in [6.45, 7) is 1.10. The molecule has 0 bridgehead atoms. The van der Waals surface area contributed by atoms with Crippen LogP contribution in [-0.2, 0) is 30.3 Å². The molecular weight excluding hydrogens is 608 g/mol. The summed E-state index contributed by atoms with van der Waals surface area (Å²) in [6.07, 6.45) is 2.50. The number of rotatable bonds is 13. The van der Waals surface area contributed by atoms with Crippen molar-refractivity contribution in [3.05, 3.63) is 101 Å². The minimum absolute atomic E-state index is 0.105. The standard InChI is InChI=1S/C36H39F2N3O6/c37-26-9-7-24(8-10-26)31(42)16-15-29-33(41(35(29)45)28-13-11-27(38)12-14-28)25-5-3-23(4-6-25)17-18-36(21-46-22-36)47-20-32(43)40-19-1-2-30(40)34(39)44/h3-14,29-31,33,42H,1-2,15-22H2,(H2,39,44)/t29?,30-,31+,33?/m1/s1. The maximum atomic E-state index is 13.7. The molecular formula is C36H39F2N3O6. The number of halogens is 2. The van der Waals surface area contributed by atoms with Gasteiger partial charge in [0, 0.05) is 12.2 Å². The molecule has 248 valence electrons. The lowest BCUT2D eigenvalue weighted by atomic mass is 9.78. The van der Waals surface area contributed by atoms with E-state index >= 15 is 0 Å². The molecule has 3 fully saturated rings. The molecule has 3 aromatic rings. The van der Waals surface area contributed by atoms with Crippen LogP contribution in [0.3, 0.4) is 0 Å². The van der Waals surface area contributed by atoms with Crippen molar-refractivity contribution < 1.29 is 37.7 Å². The van der Waals surface area contributed by atoms with Crippen LogP contribution >= 0.6 is 0 Å². The number of ether oxygens (including phenoxy) is 2. The zero-order valence-electron chi connectivity index (χ0n) is 26.0. The number of hydrogen-bond acceptors (Lipinski definition) is 6. The Morgan fingerprint density at radius 2 is 1.66 bits per heavy atom. The number of amides is 3. The highest BCUT2D eigenvalue weighted by molar-refractivity contribution is 6.03. The van der Waals surface area contributed by atoms with E-state index < -0.39 is 35.4 Å². The molecule has 11 heteroatoms. The smallest absolute Gasteiger partial charge is 0.249 e. The van der Waals surface area contributed by atoms with E-state index in [9.17, 15) is 28.3 Å². The van der Waals surface area contributed by atoms with E-state index in [0.29, 0.717) is 63.1 Å². The van der Waals surface area contributed by atoms with Gasteiger partial charge in [-0.05, 0) is 91.6 Å². The third kappa shape index (κ3) is 7.07. The molecule has 0 radical (unpaired) electrons. The number of aryl methyl sites for hydroxylation is 1. The van der Waals surface area contributed by atoms with Gasteiger partial charge in [-0.25, -0.2) is 8.78 Å². The van der Waals surface area contributed by atoms with Crippen LogP contribution in [0, 0.1) is 17.6 Å². The van der Waals surface area contributed by atoms with E-state index in [1.807, 2.05) is 24.3 Å². The Bertz CT molecular complexity index is 1580. The normalized spacial score (nSPS) is 22.4. The maximum absolute atomic E-state index is 13.7. The lowest BCUT2D eigenvalue weighted by Crippen LogP contribution is -2.55. The number of β-lactam (4-membered cyclic amide) rings is 1. The quantitative estimate of drug-likeness (QED) is 0.266. The highest BCUT2D eigenvalue weighted by Gasteiger charge is 2.48. The lowest BCUT2D eigenvalue weighted by molar-refractivity contribution is -0.214. The first-order chi connectivity index (χ1) is 22.6. The molecule has 0 aromatic heterocycles. The summed E-state index contributed by atoms with van der Waals surface area (Å²) in [6, 6.07) is 18.6. The number of benzene rings is 3. The number of carbonyl (C=O) groups is 3. The van der Waals surface area contributed by atoms with Gasteiger partial charge in [0.05, 0.1) is 31.3 Å². The van der Waals surface area contributed by atoms with Gasteiger partial charge < -0.3 is 30.1 Å². The molecule has 3 saturated heterocycles. The summed E-state index contributed by atoms with van der Waals surface area (Å²) in [7, 11) is 0. The van der Waals surface area contributed by atoms with Crippen LogP contribution in [0.4, 0.5) is 14.5 Å². The van der Waals surface area contributed by atoms with Crippen LogP contribution in [-0.4, -0.2) is 65.7 Å². The third-order valence-electron chi connectivity index (χ3n) is 9.65. The van der Waals surface area contributed by atoms with Crippen LogP contribution in [0.25, 0.3) is 0 Å². The fourth-order valence-electron chi connectivity index (χ4n) is 6.83. The van der Waals surface area contributed by atoms with Gasteiger partial charge >= 0.3 is 0 Å². The molecule has 3 aliphatic rings. The number of aliphatic hydroxyl groups excluding tert-OH is 1. The highest BCUT2D eigenvalue weighted by Crippen LogP contribution is 2.46. The van der Waals surface area contributed by atoms with Gasteiger partial charge in [0.1, 0.15) is 29.9 Å². The summed E-state index contributed by atoms with van der Waals surface area (Å²) >= 11 is 0. The summed E-state index contributed by atoms with van der Waals surface area (Å²) in [5, 5.41) is 10.7. The molecule has 47 heavy (non-hydrogen) atoms. The first-order valence-corrected chi connectivity index (χ1v) is 16.1. The van der Waals surface area contributed by atoms with Crippen molar-refractivity contribution >= 4 is 23.4 Å². The number of nitrogens with two attached hydrogens (primary N) is 1. The first kappa shape index (κ1) is 32.7. The number of nitrogens with zero attached hydrogens (tertiary/aromatic N) is 2. The van der Waals surface area contributed by atoms with E-state index in [0.717, 1.165) is 17.5 Å². The second-order valence-corrected chi connectivity index (χ2v) is 12.7. The van der Waals surface area contributed by atoms with E-state index in [-0.39, 0.29) is 30.3 Å². The largest absolute Gasteiger partial charge is 0.388 e. The summed E-state index contributed by atoms with van der Waals surface area (Å²) in [5.74, 6) is -2.02. The Morgan fingerprint density at radius 1 is 1.00 bits per heavy atom. The Morgan fingerprint density at radius 3 is 2.28 bits per heavy atom. The van der Waals surface area contributed by atoms with Crippen molar-refractivity contribution in [3.8, 4) is 0 Å². The second kappa shape index (κ2) is 13.9. The SMILES string of the molecule is NC(=O)[C@H]1CCCN1C(=O)COC1(CCc2ccc(C3C(CC[C@H](O)c4ccc(F)cc4)C(=O)N3c3ccc(F)cc3)cc2)COC1. The van der Waals surface area contributed by atoms with Crippen LogP contribution in [0.2, 0.25) is 0 Å². The minimum atomic E-state index is -0.841. The van der Waals surface area contributed by atoms with Gasteiger partial charge in [0.2, 0.25) is 17.7 Å². The van der Waals surface area contributed by atoms with E-state index in [4.69, 9.17) is 15.2 Å². The van der Waals surface area contributed by atoms with Gasteiger partial charge in [0.25, 0.3) is 0 Å². The molecule has 3 aliphatic heterocycles. The van der Waals surface area contributed by atoms with Crippen LogP contribution < -0.4 is 10.6 Å². The summed E-state index contributed by atoms with van der Waals surface area (Å²) in [5.41, 5.74) is 8.01. The lowest BCUT2D eigenvalue weighted by Gasteiger charge is -2.48. The van der Waals surface area contributed by atoms with Crippen molar-refractivity contribution in [2.75, 3.05) is 31.3 Å². The fourth-order valence-corrected chi connectivity index (χ4v) is 6.83. The predicted molar refractivity (Wildman–Crippen MR) is 169 cm³/mol. The van der Waals surface area contributed by atoms with Crippen LogP contribution in [0.15, 0.2) is 72.8 Å². The number of aliphatic hydroxyl groups is 1. The first-order valence-electron chi connectivity index (χ1n) is 16.1. The van der Waals surface area contributed by atoms with Crippen molar-refractivity contribution in [1.29, 1.82) is 0 Å². The minimum Gasteiger partial charge on any atom is -0.388 e. The van der Waals surface area contributed by atoms with Gasteiger partial charge in [-0.1, -0.05) is 36.4 Å². The molecule has 6 rings (SSSR count). The van der Waals surface area contributed by atoms with Gasteiger partial charge in [-0.15, -0.1) is 0 Å². The number of primary amides is 1. The zero-order chi connectivity index (χ0) is 33.1. The Balaban J connectivity index is 1.10. The molecule has 3 aromatic carbocycles. The van der Waals surface area contributed by atoms with Gasteiger partial charge in [0.15, 0.2) is 0 Å². The molecule has 3 heterocycles. The predicted octanol–water partition coefficient (Wildman–Crippen LogP) is 4.38. The number of hydrogen-bond donors (Lipinski definition) is 2. The summed E-state index contributed by atoms with van der Waals surface area (Å²) in [4.78, 5) is 41.1. The summed E-state index contributed by atoms with van der Waals surface area (Å²) < 4.78 is 38.6. The molecule has 4 atom stereocenters. The molecule has 0 spiro atoms. The van der Waals surface area contributed by atoms with E-state index in [2.05, 4.69) is 0 Å². The zero-order valence-corrected chi connectivity index (χ0v) is 26.0. The average molecular weight is 648 g/mol. The Kier molecular flexibility index (Phi) is 9.67. The Labute approximate surface area is 272 Å². The third-order valence-corrected chi connectivity index (χ3v) is 9.65. The maximum Gasteiger partial charge on any atom is 0.249 e. The molecule has 0 saturated carbocycles. The number of anilines is 1. The molecule has 3 N–H and O–H groups in total. The molecule has 3 amide bonds. The fraction of sp³-hybridized carbons (Fsp3) is 0.417. The molecule has 2 unspecified atom stereocenters. The van der Waals surface area contributed by atoms with Crippen molar-refractivity contribution in [3.63, 3.8) is 0 Å². The van der Waals surface area contributed by atoms with E-state index in [1.165, 1.54) is 29.2 Å². The number of carbonyl (C=O) groups excluding carboxylic acids is 3. The average Bonchev–Trinajstić information content (AvgIpc) is 3.55. The molecule has 9 nitrogen and oxygen atoms in total. The van der Waals surface area contributed by atoms with Gasteiger partial charge in [-0.3, -0.25) is 14.4 Å². The van der Waals surface area contributed by atoms with Crippen molar-refractivity contribution in [1.82, 2.24) is 4.90 Å². The topological polar surface area (TPSA) is 122 Å². The second-order valence-electron chi connectivity index (χ2n) is 12.7.